The van der Waals surface area contributed by atoms with Gasteiger partial charge in [0.2, 0.25) is 10.0 Å². The second kappa shape index (κ2) is 7.37. The molecule has 0 radical (unpaired) electrons. The van der Waals surface area contributed by atoms with E-state index in [1.807, 2.05) is 12.1 Å². The lowest BCUT2D eigenvalue weighted by Crippen LogP contribution is -3.13. The van der Waals surface area contributed by atoms with Gasteiger partial charge in [-0.2, -0.15) is 4.31 Å². The molecule has 1 aliphatic rings. The molecule has 1 aliphatic heterocycles. The Hall–Kier alpha value is -1.51. The maximum absolute atomic E-state index is 11.6. The fourth-order valence-corrected chi connectivity index (χ4v) is 3.66. The number of ether oxygens (including phenoxy) is 3. The maximum atomic E-state index is 11.6. The molecular weight excluding hydrogens is 320 g/mol. The van der Waals surface area contributed by atoms with Gasteiger partial charge in [0.05, 0.1) is 59.3 Å². The minimum atomic E-state index is -3.10. The van der Waals surface area contributed by atoms with E-state index in [9.17, 15) is 8.42 Å². The quantitative estimate of drug-likeness (QED) is 0.744. The van der Waals surface area contributed by atoms with Crippen molar-refractivity contribution in [1.29, 1.82) is 0 Å². The molecular formula is C15H25N2O5S+. The fourth-order valence-electron chi connectivity index (χ4n) is 2.81. The first-order valence-electron chi connectivity index (χ1n) is 7.46. The number of sulfonamides is 1. The highest BCUT2D eigenvalue weighted by atomic mass is 32.2. The first kappa shape index (κ1) is 17.8. The number of hydrogen-bond donors (Lipinski definition) is 1. The van der Waals surface area contributed by atoms with Crippen LogP contribution in [0.25, 0.3) is 0 Å². The van der Waals surface area contributed by atoms with E-state index in [2.05, 4.69) is 0 Å². The zero-order valence-corrected chi connectivity index (χ0v) is 14.9. The number of rotatable bonds is 6. The molecule has 0 unspecified atom stereocenters. The summed E-state index contributed by atoms with van der Waals surface area (Å²) in [5, 5.41) is 0. The Kier molecular flexibility index (Phi) is 5.72. The Labute approximate surface area is 137 Å². The lowest BCUT2D eigenvalue weighted by molar-refractivity contribution is -0.917. The summed E-state index contributed by atoms with van der Waals surface area (Å²) in [4.78, 5) is 1.32. The largest absolute Gasteiger partial charge is 0.496 e. The second-order valence-electron chi connectivity index (χ2n) is 5.61. The van der Waals surface area contributed by atoms with Crippen LogP contribution in [0.4, 0.5) is 0 Å². The maximum Gasteiger partial charge on any atom is 0.211 e. The van der Waals surface area contributed by atoms with Crippen LogP contribution in [-0.4, -0.2) is 66.5 Å². The molecule has 0 atom stereocenters. The number of quaternary nitrogens is 1. The average molecular weight is 345 g/mol. The third kappa shape index (κ3) is 4.27. The highest BCUT2D eigenvalue weighted by Crippen LogP contribution is 2.34. The van der Waals surface area contributed by atoms with Crippen LogP contribution in [0.15, 0.2) is 12.1 Å². The summed E-state index contributed by atoms with van der Waals surface area (Å²) in [6.45, 7) is 3.38. The number of methoxy groups -OCH3 is 3. The molecule has 0 saturated carbocycles. The van der Waals surface area contributed by atoms with Crippen molar-refractivity contribution < 1.29 is 27.5 Å². The zero-order valence-electron chi connectivity index (χ0n) is 14.1. The van der Waals surface area contributed by atoms with Gasteiger partial charge in [0.15, 0.2) is 11.5 Å². The van der Waals surface area contributed by atoms with Crippen molar-refractivity contribution in [2.45, 2.75) is 6.54 Å². The molecule has 0 aromatic heterocycles. The van der Waals surface area contributed by atoms with Crippen LogP contribution in [0.3, 0.4) is 0 Å². The Morgan fingerprint density at radius 1 is 1.00 bits per heavy atom. The van der Waals surface area contributed by atoms with E-state index >= 15 is 0 Å². The Morgan fingerprint density at radius 2 is 1.52 bits per heavy atom. The lowest BCUT2D eigenvalue weighted by atomic mass is 10.1. The van der Waals surface area contributed by atoms with E-state index in [0.717, 1.165) is 30.9 Å². The molecule has 7 nitrogen and oxygen atoms in total. The summed E-state index contributed by atoms with van der Waals surface area (Å²) >= 11 is 0. The summed E-state index contributed by atoms with van der Waals surface area (Å²) in [6.07, 6.45) is 1.26. The SMILES string of the molecule is COc1cc(OC)c(OC)cc1C[NH+]1CCN(S(C)(=O)=O)CC1. The van der Waals surface area contributed by atoms with Gasteiger partial charge < -0.3 is 19.1 Å². The number of nitrogens with one attached hydrogen (secondary N) is 1. The summed E-state index contributed by atoms with van der Waals surface area (Å²) < 4.78 is 40.8. The molecule has 23 heavy (non-hydrogen) atoms. The molecule has 1 aromatic carbocycles. The van der Waals surface area contributed by atoms with Crippen LogP contribution in [0.1, 0.15) is 5.56 Å². The highest BCUT2D eigenvalue weighted by Gasteiger charge is 2.27. The summed E-state index contributed by atoms with van der Waals surface area (Å²) in [5.74, 6) is 2.04. The van der Waals surface area contributed by atoms with Gasteiger partial charge in [-0.1, -0.05) is 0 Å². The third-order valence-electron chi connectivity index (χ3n) is 4.13. The number of hydrogen-bond acceptors (Lipinski definition) is 5. The molecule has 130 valence electrons. The number of benzene rings is 1. The van der Waals surface area contributed by atoms with Crippen LogP contribution in [0, 0.1) is 0 Å². The van der Waals surface area contributed by atoms with E-state index in [4.69, 9.17) is 14.2 Å². The van der Waals surface area contributed by atoms with Crippen molar-refractivity contribution in [2.24, 2.45) is 0 Å². The number of piperazine rings is 1. The second-order valence-corrected chi connectivity index (χ2v) is 7.59. The minimum absolute atomic E-state index is 0.545. The fraction of sp³-hybridized carbons (Fsp3) is 0.600. The van der Waals surface area contributed by atoms with Gasteiger partial charge in [0.25, 0.3) is 0 Å². The van der Waals surface area contributed by atoms with E-state index in [1.165, 1.54) is 15.5 Å². The van der Waals surface area contributed by atoms with Gasteiger partial charge in [-0.3, -0.25) is 0 Å². The summed E-state index contributed by atoms with van der Waals surface area (Å²) in [7, 11) is 1.72. The molecule has 1 fully saturated rings. The first-order valence-corrected chi connectivity index (χ1v) is 9.31. The minimum Gasteiger partial charge on any atom is -0.496 e. The predicted octanol–water partition coefficient (Wildman–Crippen LogP) is -0.627. The topological polar surface area (TPSA) is 69.5 Å². The molecule has 0 aliphatic carbocycles. The summed E-state index contributed by atoms with van der Waals surface area (Å²) in [6, 6.07) is 3.74. The smallest absolute Gasteiger partial charge is 0.211 e. The van der Waals surface area contributed by atoms with Crippen molar-refractivity contribution in [3.05, 3.63) is 17.7 Å². The Balaban J connectivity index is 2.11. The van der Waals surface area contributed by atoms with Gasteiger partial charge in [-0.15, -0.1) is 0 Å². The van der Waals surface area contributed by atoms with Gasteiger partial charge in [-0.05, 0) is 6.07 Å². The average Bonchev–Trinajstić information content (AvgIpc) is 2.54. The monoisotopic (exact) mass is 345 g/mol. The highest BCUT2D eigenvalue weighted by molar-refractivity contribution is 7.88. The summed E-state index contributed by atoms with van der Waals surface area (Å²) in [5.41, 5.74) is 1.02. The molecule has 0 spiro atoms. The number of nitrogens with zero attached hydrogens (tertiary/aromatic N) is 1. The van der Waals surface area contributed by atoms with Gasteiger partial charge in [0, 0.05) is 6.07 Å². The first-order chi connectivity index (χ1) is 10.9. The van der Waals surface area contributed by atoms with E-state index in [0.29, 0.717) is 24.6 Å². The van der Waals surface area contributed by atoms with Crippen LogP contribution in [-0.2, 0) is 16.6 Å². The third-order valence-corrected chi connectivity index (χ3v) is 5.43. The normalized spacial score (nSPS) is 17.0. The zero-order chi connectivity index (χ0) is 17.0. The van der Waals surface area contributed by atoms with Crippen molar-refractivity contribution in [1.82, 2.24) is 4.31 Å². The molecule has 1 saturated heterocycles. The van der Waals surface area contributed by atoms with Crippen molar-refractivity contribution in [2.75, 3.05) is 53.8 Å². The lowest BCUT2D eigenvalue weighted by Gasteiger charge is -2.31. The molecule has 0 bridgehead atoms. The van der Waals surface area contributed by atoms with Crippen LogP contribution < -0.4 is 19.1 Å². The van der Waals surface area contributed by atoms with Crippen molar-refractivity contribution in [3.8, 4) is 17.2 Å². The Morgan fingerprint density at radius 3 is 2.00 bits per heavy atom. The van der Waals surface area contributed by atoms with Crippen molar-refractivity contribution >= 4 is 10.0 Å². The predicted molar refractivity (Wildman–Crippen MR) is 86.9 cm³/mol. The van der Waals surface area contributed by atoms with E-state index < -0.39 is 10.0 Å². The van der Waals surface area contributed by atoms with E-state index in [1.54, 1.807) is 21.3 Å². The Bertz CT molecular complexity index is 640. The van der Waals surface area contributed by atoms with Gasteiger partial charge in [-0.25, -0.2) is 8.42 Å². The molecule has 1 heterocycles. The molecule has 0 amide bonds. The molecule has 2 rings (SSSR count). The molecule has 8 heteroatoms. The van der Waals surface area contributed by atoms with Crippen molar-refractivity contribution in [3.63, 3.8) is 0 Å². The molecule has 1 N–H and O–H groups in total. The van der Waals surface area contributed by atoms with Gasteiger partial charge in [0.1, 0.15) is 12.3 Å². The van der Waals surface area contributed by atoms with Crippen LogP contribution in [0.2, 0.25) is 0 Å². The van der Waals surface area contributed by atoms with Crippen LogP contribution >= 0.6 is 0 Å². The van der Waals surface area contributed by atoms with Crippen LogP contribution in [0.5, 0.6) is 17.2 Å². The van der Waals surface area contributed by atoms with E-state index in [-0.39, 0.29) is 0 Å². The molecule has 1 aromatic rings. The standard InChI is InChI=1S/C15H24N2O5S/c1-20-13-10-15(22-3)14(21-2)9-12(13)11-16-5-7-17(8-6-16)23(4,18)19/h9-10H,5-8,11H2,1-4H3/p+1. The van der Waals surface area contributed by atoms with Gasteiger partial charge >= 0.3 is 0 Å².